The minimum absolute atomic E-state index is 0.316. The molecule has 4 unspecified atom stereocenters. The van der Waals surface area contributed by atoms with E-state index in [1.807, 2.05) is 7.05 Å². The minimum atomic E-state index is -0.650. The van der Waals surface area contributed by atoms with Gasteiger partial charge < -0.3 is 5.11 Å². The highest BCUT2D eigenvalue weighted by molar-refractivity contribution is 5.97. The van der Waals surface area contributed by atoms with Gasteiger partial charge in [-0.15, -0.1) is 0 Å². The van der Waals surface area contributed by atoms with E-state index in [2.05, 4.69) is 31.5 Å². The summed E-state index contributed by atoms with van der Waals surface area (Å²) in [6, 6.07) is 0. The number of carboxylic acids is 1. The van der Waals surface area contributed by atoms with Gasteiger partial charge in [-0.25, -0.2) is 0 Å². The van der Waals surface area contributed by atoms with E-state index in [1.165, 1.54) is 55.4 Å². The molecule has 0 spiro atoms. The largest absolute Gasteiger partial charge is 0.481 e. The lowest BCUT2D eigenvalue weighted by Gasteiger charge is -2.57. The molecular weight excluding hydrogens is 346 g/mol. The van der Waals surface area contributed by atoms with Gasteiger partial charge in [-0.1, -0.05) is 38.8 Å². The monoisotopic (exact) mass is 385 g/mol. The molecule has 3 nitrogen and oxygen atoms in total. The molecule has 3 aliphatic rings. The predicted octanol–water partition coefficient (Wildman–Crippen LogP) is 6.45. The Hall–Kier alpha value is -1.38. The lowest BCUT2D eigenvalue weighted by molar-refractivity contribution is -0.137. The van der Waals surface area contributed by atoms with Crippen LogP contribution in [0.1, 0.15) is 84.5 Å². The summed E-state index contributed by atoms with van der Waals surface area (Å²) in [5, 5.41) is 9.13. The first-order chi connectivity index (χ1) is 13.5. The molecular formula is C25H39NO2. The van der Waals surface area contributed by atoms with Gasteiger partial charge >= 0.3 is 5.97 Å². The second kappa shape index (κ2) is 8.97. The SMILES string of the molecule is C=C1CC2C(CC[C@](CC)(CCCC(=O)O)C2CCC)C2CC/C(=N\C)C=C12. The number of fused-ring (bicyclic) bond motifs is 3. The van der Waals surface area contributed by atoms with Crippen molar-refractivity contribution in [1.29, 1.82) is 0 Å². The maximum atomic E-state index is 11.1. The molecule has 0 aliphatic heterocycles. The zero-order chi connectivity index (χ0) is 20.3. The van der Waals surface area contributed by atoms with Gasteiger partial charge in [0, 0.05) is 19.2 Å². The summed E-state index contributed by atoms with van der Waals surface area (Å²) in [6.45, 7) is 9.17. The van der Waals surface area contributed by atoms with Crippen molar-refractivity contribution in [3.63, 3.8) is 0 Å². The van der Waals surface area contributed by atoms with Crippen LogP contribution in [0.4, 0.5) is 0 Å². The van der Waals surface area contributed by atoms with Crippen LogP contribution in [0.15, 0.2) is 28.8 Å². The highest BCUT2D eigenvalue weighted by Crippen LogP contribution is 2.61. The number of hydrogen-bond donors (Lipinski definition) is 1. The van der Waals surface area contributed by atoms with Gasteiger partial charge in [0.25, 0.3) is 0 Å². The third-order valence-corrected chi connectivity index (χ3v) is 8.33. The topological polar surface area (TPSA) is 49.7 Å². The third-order valence-electron chi connectivity index (χ3n) is 8.33. The van der Waals surface area contributed by atoms with E-state index in [0.717, 1.165) is 43.4 Å². The molecule has 0 heterocycles. The van der Waals surface area contributed by atoms with Crippen LogP contribution in [0.3, 0.4) is 0 Å². The summed E-state index contributed by atoms with van der Waals surface area (Å²) in [7, 11) is 1.91. The summed E-state index contributed by atoms with van der Waals surface area (Å²) in [6.07, 6.45) is 14.3. The van der Waals surface area contributed by atoms with Gasteiger partial charge in [0.1, 0.15) is 0 Å². The summed E-state index contributed by atoms with van der Waals surface area (Å²) in [5.41, 5.74) is 4.42. The Morgan fingerprint density at radius 1 is 1.32 bits per heavy atom. The zero-order valence-electron chi connectivity index (χ0n) is 18.2. The highest BCUT2D eigenvalue weighted by atomic mass is 16.4. The Bertz CT molecular complexity index is 661. The molecule has 0 amide bonds. The fraction of sp³-hybridized carbons (Fsp3) is 0.760. The molecule has 1 N–H and O–H groups in total. The molecule has 28 heavy (non-hydrogen) atoms. The summed E-state index contributed by atoms with van der Waals surface area (Å²) in [5.74, 6) is 2.25. The Kier molecular flexibility index (Phi) is 6.83. The number of aliphatic imine (C=N–C) groups is 1. The molecule has 2 fully saturated rings. The number of carbonyl (C=O) groups is 1. The standard InChI is InChI=1S/C25H39NO2/c1-5-8-23-22-15-17(3)21-16-18(26-4)10-11-19(21)20(22)12-14-25(23,6-2)13-7-9-24(27)28/h16,19-20,22-23H,3,5-15H2,1-2,4H3,(H,27,28)/b26-18+/t19?,20?,22?,23?,25-/m0/s1. The highest BCUT2D eigenvalue weighted by Gasteiger charge is 2.51. The quantitative estimate of drug-likeness (QED) is 0.547. The van der Waals surface area contributed by atoms with Gasteiger partial charge in [0.15, 0.2) is 0 Å². The lowest BCUT2D eigenvalue weighted by atomic mass is 9.48. The molecule has 0 saturated heterocycles. The summed E-state index contributed by atoms with van der Waals surface area (Å²) in [4.78, 5) is 15.6. The lowest BCUT2D eigenvalue weighted by Crippen LogP contribution is -2.48. The maximum Gasteiger partial charge on any atom is 0.303 e. The van der Waals surface area contributed by atoms with Gasteiger partial charge in [-0.3, -0.25) is 9.79 Å². The van der Waals surface area contributed by atoms with E-state index >= 15 is 0 Å². The van der Waals surface area contributed by atoms with Crippen LogP contribution in [-0.4, -0.2) is 23.8 Å². The molecule has 5 atom stereocenters. The van der Waals surface area contributed by atoms with Crippen molar-refractivity contribution < 1.29 is 9.90 Å². The fourth-order valence-electron chi connectivity index (χ4n) is 6.95. The van der Waals surface area contributed by atoms with Crippen molar-refractivity contribution >= 4 is 11.7 Å². The van der Waals surface area contributed by atoms with E-state index in [1.54, 1.807) is 0 Å². The molecule has 3 aliphatic carbocycles. The second-order valence-electron chi connectivity index (χ2n) is 9.49. The Labute approximate surface area is 171 Å². The molecule has 0 bridgehead atoms. The van der Waals surface area contributed by atoms with Crippen LogP contribution in [-0.2, 0) is 4.79 Å². The van der Waals surface area contributed by atoms with Crippen molar-refractivity contribution in [1.82, 2.24) is 0 Å². The van der Waals surface area contributed by atoms with Crippen molar-refractivity contribution in [3.05, 3.63) is 23.8 Å². The molecule has 3 rings (SSSR count). The Morgan fingerprint density at radius 2 is 2.11 bits per heavy atom. The number of nitrogens with zero attached hydrogens (tertiary/aromatic N) is 1. The van der Waals surface area contributed by atoms with Crippen molar-refractivity contribution in [2.75, 3.05) is 7.05 Å². The van der Waals surface area contributed by atoms with Crippen molar-refractivity contribution in [2.45, 2.75) is 84.5 Å². The number of rotatable bonds is 7. The summed E-state index contributed by atoms with van der Waals surface area (Å²) < 4.78 is 0. The van der Waals surface area contributed by atoms with Crippen LogP contribution in [0.2, 0.25) is 0 Å². The fourth-order valence-corrected chi connectivity index (χ4v) is 6.95. The first kappa shape index (κ1) is 21.3. The second-order valence-corrected chi connectivity index (χ2v) is 9.49. The molecule has 156 valence electrons. The smallest absolute Gasteiger partial charge is 0.303 e. The summed E-state index contributed by atoms with van der Waals surface area (Å²) >= 11 is 0. The van der Waals surface area contributed by atoms with E-state index in [9.17, 15) is 4.79 Å². The third kappa shape index (κ3) is 4.00. The Balaban J connectivity index is 1.87. The first-order valence-corrected chi connectivity index (χ1v) is 11.5. The van der Waals surface area contributed by atoms with Gasteiger partial charge in [0.2, 0.25) is 0 Å². The number of aliphatic carboxylic acids is 1. The molecule has 0 radical (unpaired) electrons. The van der Waals surface area contributed by atoms with Crippen molar-refractivity contribution in [3.8, 4) is 0 Å². The number of allylic oxidation sites excluding steroid dienone is 3. The number of carboxylic acid groups (broad SMARTS) is 1. The van der Waals surface area contributed by atoms with Crippen LogP contribution in [0.25, 0.3) is 0 Å². The molecule has 0 aromatic rings. The Morgan fingerprint density at radius 3 is 2.75 bits per heavy atom. The maximum absolute atomic E-state index is 11.1. The van der Waals surface area contributed by atoms with Crippen LogP contribution in [0, 0.1) is 29.1 Å². The minimum Gasteiger partial charge on any atom is -0.481 e. The van der Waals surface area contributed by atoms with Crippen molar-refractivity contribution in [2.24, 2.45) is 34.1 Å². The molecule has 0 aromatic carbocycles. The first-order valence-electron chi connectivity index (χ1n) is 11.5. The van der Waals surface area contributed by atoms with Gasteiger partial charge in [-0.2, -0.15) is 0 Å². The molecule has 3 heteroatoms. The van der Waals surface area contributed by atoms with Gasteiger partial charge in [0.05, 0.1) is 0 Å². The normalized spacial score (nSPS) is 36.6. The average molecular weight is 386 g/mol. The zero-order valence-corrected chi connectivity index (χ0v) is 18.2. The van der Waals surface area contributed by atoms with Crippen LogP contribution < -0.4 is 0 Å². The number of hydrogen-bond acceptors (Lipinski definition) is 2. The van der Waals surface area contributed by atoms with Crippen LogP contribution >= 0.6 is 0 Å². The van der Waals surface area contributed by atoms with Crippen LogP contribution in [0.5, 0.6) is 0 Å². The van der Waals surface area contributed by atoms with E-state index < -0.39 is 5.97 Å². The van der Waals surface area contributed by atoms with E-state index in [-0.39, 0.29) is 0 Å². The predicted molar refractivity (Wildman–Crippen MR) is 117 cm³/mol. The average Bonchev–Trinajstić information content (AvgIpc) is 2.69. The van der Waals surface area contributed by atoms with Gasteiger partial charge in [-0.05, 0) is 92.1 Å². The van der Waals surface area contributed by atoms with E-state index in [4.69, 9.17) is 5.11 Å². The molecule has 2 saturated carbocycles. The molecule has 0 aromatic heterocycles. The van der Waals surface area contributed by atoms with E-state index in [0.29, 0.717) is 17.8 Å².